The summed E-state index contributed by atoms with van der Waals surface area (Å²) in [5.74, 6) is 0.327. The normalized spacial score (nSPS) is 10.8. The molecule has 2 N–H and O–H groups in total. The van der Waals surface area contributed by atoms with E-state index in [2.05, 4.69) is 15.5 Å². The van der Waals surface area contributed by atoms with E-state index in [1.807, 2.05) is 49.4 Å². The van der Waals surface area contributed by atoms with Gasteiger partial charge in [0, 0.05) is 16.5 Å². The second-order valence-electron chi connectivity index (χ2n) is 6.23. The summed E-state index contributed by atoms with van der Waals surface area (Å²) in [4.78, 5) is 12.4. The van der Waals surface area contributed by atoms with Gasteiger partial charge in [0.2, 0.25) is 0 Å². The van der Waals surface area contributed by atoms with Crippen LogP contribution in [0.15, 0.2) is 66.7 Å². The van der Waals surface area contributed by atoms with Gasteiger partial charge in [-0.25, -0.2) is 4.39 Å². The van der Waals surface area contributed by atoms with Crippen molar-refractivity contribution in [3.05, 3.63) is 78.1 Å². The Morgan fingerprint density at radius 3 is 2.79 bits per heavy atom. The molecule has 5 nitrogen and oxygen atoms in total. The summed E-state index contributed by atoms with van der Waals surface area (Å²) < 4.78 is 19.0. The van der Waals surface area contributed by atoms with Crippen LogP contribution in [0.25, 0.3) is 22.0 Å². The molecule has 0 radical (unpaired) electrons. The number of anilines is 1. The SMILES string of the molecule is CCOc1ccccc1-c1ccc2c(NC(=O)c3cccc(F)c3)n[nH]c2c1. The smallest absolute Gasteiger partial charge is 0.256 e. The zero-order valence-corrected chi connectivity index (χ0v) is 15.2. The van der Waals surface area contributed by atoms with Crippen molar-refractivity contribution in [2.75, 3.05) is 11.9 Å². The quantitative estimate of drug-likeness (QED) is 0.515. The van der Waals surface area contributed by atoms with E-state index in [4.69, 9.17) is 4.74 Å². The minimum Gasteiger partial charge on any atom is -0.493 e. The number of halogens is 1. The van der Waals surface area contributed by atoms with Crippen LogP contribution in [0.4, 0.5) is 10.2 Å². The van der Waals surface area contributed by atoms with Crippen LogP contribution >= 0.6 is 0 Å². The summed E-state index contributed by atoms with van der Waals surface area (Å²) in [6, 6.07) is 19.1. The molecular weight excluding hydrogens is 357 g/mol. The Bertz CT molecular complexity index is 1150. The summed E-state index contributed by atoms with van der Waals surface area (Å²) in [7, 11) is 0. The van der Waals surface area contributed by atoms with Crippen LogP contribution in [0.5, 0.6) is 5.75 Å². The zero-order valence-electron chi connectivity index (χ0n) is 15.2. The lowest BCUT2D eigenvalue weighted by Gasteiger charge is -2.10. The number of para-hydroxylation sites is 1. The van der Waals surface area contributed by atoms with Gasteiger partial charge >= 0.3 is 0 Å². The number of ether oxygens (including phenoxy) is 1. The number of carbonyl (C=O) groups excluding carboxylic acids is 1. The number of benzene rings is 3. The van der Waals surface area contributed by atoms with Gasteiger partial charge in [0.05, 0.1) is 12.1 Å². The summed E-state index contributed by atoms with van der Waals surface area (Å²) in [5, 5.41) is 10.6. The molecule has 6 heteroatoms. The van der Waals surface area contributed by atoms with E-state index < -0.39 is 11.7 Å². The van der Waals surface area contributed by atoms with Crippen LogP contribution < -0.4 is 10.1 Å². The molecule has 0 atom stereocenters. The van der Waals surface area contributed by atoms with Crippen molar-refractivity contribution in [1.82, 2.24) is 10.2 Å². The maximum atomic E-state index is 13.3. The minimum absolute atomic E-state index is 0.235. The Morgan fingerprint density at radius 1 is 1.11 bits per heavy atom. The van der Waals surface area contributed by atoms with Crippen LogP contribution in [0.3, 0.4) is 0 Å². The van der Waals surface area contributed by atoms with Gasteiger partial charge in [0.1, 0.15) is 11.6 Å². The van der Waals surface area contributed by atoms with E-state index in [9.17, 15) is 9.18 Å². The highest BCUT2D eigenvalue weighted by molar-refractivity contribution is 6.08. The molecule has 0 saturated carbocycles. The van der Waals surface area contributed by atoms with E-state index in [0.29, 0.717) is 12.4 Å². The summed E-state index contributed by atoms with van der Waals surface area (Å²) in [6.07, 6.45) is 0. The number of hydrogen-bond donors (Lipinski definition) is 2. The van der Waals surface area contributed by atoms with Gasteiger partial charge in [-0.15, -0.1) is 0 Å². The topological polar surface area (TPSA) is 67.0 Å². The summed E-state index contributed by atoms with van der Waals surface area (Å²) in [6.45, 7) is 2.53. The molecule has 0 fully saturated rings. The van der Waals surface area contributed by atoms with Crippen molar-refractivity contribution >= 4 is 22.6 Å². The highest BCUT2D eigenvalue weighted by Crippen LogP contribution is 2.33. The fraction of sp³-hybridized carbons (Fsp3) is 0.0909. The number of H-pyrrole nitrogens is 1. The van der Waals surface area contributed by atoms with Gasteiger partial charge < -0.3 is 10.1 Å². The molecule has 0 aliphatic rings. The number of nitrogens with one attached hydrogen (secondary N) is 2. The number of rotatable bonds is 5. The number of nitrogens with zero attached hydrogens (tertiary/aromatic N) is 1. The van der Waals surface area contributed by atoms with E-state index in [-0.39, 0.29) is 5.56 Å². The third-order valence-corrected chi connectivity index (χ3v) is 4.38. The Hall–Kier alpha value is -3.67. The monoisotopic (exact) mass is 375 g/mol. The largest absolute Gasteiger partial charge is 0.493 e. The predicted octanol–water partition coefficient (Wildman–Crippen LogP) is 5.02. The fourth-order valence-electron chi connectivity index (χ4n) is 3.08. The van der Waals surface area contributed by atoms with E-state index >= 15 is 0 Å². The van der Waals surface area contributed by atoms with Crippen LogP contribution in [0.1, 0.15) is 17.3 Å². The fourth-order valence-corrected chi connectivity index (χ4v) is 3.08. The van der Waals surface area contributed by atoms with Crippen LogP contribution in [0.2, 0.25) is 0 Å². The Balaban J connectivity index is 1.65. The molecule has 0 spiro atoms. The standard InChI is InChI=1S/C22H18FN3O2/c1-2-28-20-9-4-3-8-17(20)14-10-11-18-19(13-14)25-26-21(18)24-22(27)15-6-5-7-16(23)12-15/h3-13H,2H2,1H3,(H2,24,25,26,27). The molecule has 3 aromatic carbocycles. The van der Waals surface area contributed by atoms with Crippen LogP contribution in [-0.4, -0.2) is 22.7 Å². The van der Waals surface area contributed by atoms with E-state index in [1.165, 1.54) is 18.2 Å². The molecule has 28 heavy (non-hydrogen) atoms. The Kier molecular flexibility index (Phi) is 4.76. The lowest BCUT2D eigenvalue weighted by molar-refractivity contribution is 0.102. The van der Waals surface area contributed by atoms with E-state index in [1.54, 1.807) is 6.07 Å². The van der Waals surface area contributed by atoms with Gasteiger partial charge in [-0.05, 0) is 48.9 Å². The molecule has 1 aromatic heterocycles. The first-order valence-corrected chi connectivity index (χ1v) is 8.93. The van der Waals surface area contributed by atoms with E-state index in [0.717, 1.165) is 27.8 Å². The molecular formula is C22H18FN3O2. The molecule has 1 amide bonds. The molecule has 0 unspecified atom stereocenters. The van der Waals surface area contributed by atoms with Crippen molar-refractivity contribution in [3.63, 3.8) is 0 Å². The second-order valence-corrected chi connectivity index (χ2v) is 6.23. The summed E-state index contributed by atoms with van der Waals surface area (Å²) in [5.41, 5.74) is 2.96. The van der Waals surface area contributed by atoms with Gasteiger partial charge in [-0.1, -0.05) is 30.3 Å². The number of carbonyl (C=O) groups is 1. The average Bonchev–Trinajstić information content (AvgIpc) is 3.10. The minimum atomic E-state index is -0.461. The third-order valence-electron chi connectivity index (χ3n) is 4.38. The Morgan fingerprint density at radius 2 is 1.96 bits per heavy atom. The number of amides is 1. The average molecular weight is 375 g/mol. The van der Waals surface area contributed by atoms with Crippen LogP contribution in [0, 0.1) is 5.82 Å². The highest BCUT2D eigenvalue weighted by atomic mass is 19.1. The molecule has 0 saturated heterocycles. The number of hydrogen-bond acceptors (Lipinski definition) is 3. The highest BCUT2D eigenvalue weighted by Gasteiger charge is 2.13. The predicted molar refractivity (Wildman–Crippen MR) is 107 cm³/mol. The van der Waals surface area contributed by atoms with Gasteiger partial charge in [-0.2, -0.15) is 5.10 Å². The molecule has 0 bridgehead atoms. The molecule has 1 heterocycles. The maximum Gasteiger partial charge on any atom is 0.256 e. The van der Waals surface area contributed by atoms with Gasteiger partial charge in [0.15, 0.2) is 5.82 Å². The molecule has 4 rings (SSSR count). The molecule has 4 aromatic rings. The van der Waals surface area contributed by atoms with Gasteiger partial charge in [-0.3, -0.25) is 9.89 Å². The first kappa shape index (κ1) is 17.7. The third kappa shape index (κ3) is 3.44. The van der Waals surface area contributed by atoms with Gasteiger partial charge in [0.25, 0.3) is 5.91 Å². The zero-order chi connectivity index (χ0) is 19.5. The lowest BCUT2D eigenvalue weighted by Crippen LogP contribution is -2.12. The number of fused-ring (bicyclic) bond motifs is 1. The molecule has 0 aliphatic carbocycles. The maximum absolute atomic E-state index is 13.3. The summed E-state index contributed by atoms with van der Waals surface area (Å²) >= 11 is 0. The lowest BCUT2D eigenvalue weighted by atomic mass is 10.0. The molecule has 0 aliphatic heterocycles. The van der Waals surface area contributed by atoms with Crippen molar-refractivity contribution in [1.29, 1.82) is 0 Å². The Labute approximate surface area is 161 Å². The first-order chi connectivity index (χ1) is 13.7. The second kappa shape index (κ2) is 7.52. The first-order valence-electron chi connectivity index (χ1n) is 8.93. The van der Waals surface area contributed by atoms with Crippen molar-refractivity contribution in [2.24, 2.45) is 0 Å². The van der Waals surface area contributed by atoms with Crippen LogP contribution in [-0.2, 0) is 0 Å². The van der Waals surface area contributed by atoms with Crippen molar-refractivity contribution < 1.29 is 13.9 Å². The van der Waals surface area contributed by atoms with Crippen molar-refractivity contribution in [3.8, 4) is 16.9 Å². The number of aromatic nitrogens is 2. The number of aromatic amines is 1. The van der Waals surface area contributed by atoms with Crippen molar-refractivity contribution in [2.45, 2.75) is 6.92 Å². The molecule has 140 valence electrons.